The van der Waals surface area contributed by atoms with Crippen LogP contribution in [0.25, 0.3) is 11.1 Å². The van der Waals surface area contributed by atoms with Crippen molar-refractivity contribution >= 4 is 29.4 Å². The number of benzene rings is 1. The Bertz CT molecular complexity index is 1060. The summed E-state index contributed by atoms with van der Waals surface area (Å²) in [5, 5.41) is 4.71. The molecule has 0 unspecified atom stereocenters. The number of nitrogens with zero attached hydrogens (tertiary/aromatic N) is 2. The highest BCUT2D eigenvalue weighted by Crippen LogP contribution is 2.29. The van der Waals surface area contributed by atoms with Gasteiger partial charge in [-0.15, -0.1) is 0 Å². The van der Waals surface area contributed by atoms with E-state index in [1.165, 1.54) is 0 Å². The molecule has 3 heterocycles. The number of hydrogen-bond donors (Lipinski definition) is 2. The highest BCUT2D eigenvalue weighted by molar-refractivity contribution is 5.98. The highest BCUT2D eigenvalue weighted by Gasteiger charge is 2.31. The molecule has 0 saturated carbocycles. The van der Waals surface area contributed by atoms with Gasteiger partial charge in [0.05, 0.1) is 7.11 Å². The summed E-state index contributed by atoms with van der Waals surface area (Å²) in [5.74, 6) is 0.860. The number of ether oxygens (including phenoxy) is 1. The van der Waals surface area contributed by atoms with Crippen LogP contribution in [0.2, 0.25) is 0 Å². The molecule has 0 fully saturated rings. The minimum atomic E-state index is -0.691. The minimum absolute atomic E-state index is 0.155. The second-order valence-electron chi connectivity index (χ2n) is 6.53. The summed E-state index contributed by atoms with van der Waals surface area (Å²) < 4.78 is 11.0. The first-order chi connectivity index (χ1) is 14.1. The summed E-state index contributed by atoms with van der Waals surface area (Å²) in [6.45, 7) is 0.548. The lowest BCUT2D eigenvalue weighted by molar-refractivity contribution is -0.108. The van der Waals surface area contributed by atoms with Crippen molar-refractivity contribution in [2.24, 2.45) is 0 Å². The molecule has 1 aromatic carbocycles. The lowest BCUT2D eigenvalue weighted by Gasteiger charge is -2.23. The van der Waals surface area contributed by atoms with Crippen molar-refractivity contribution in [3.63, 3.8) is 0 Å². The summed E-state index contributed by atoms with van der Waals surface area (Å²) >= 11 is 0. The fourth-order valence-corrected chi connectivity index (χ4v) is 3.36. The Morgan fingerprint density at radius 2 is 2.24 bits per heavy atom. The second kappa shape index (κ2) is 7.63. The van der Waals surface area contributed by atoms with E-state index in [0.717, 1.165) is 5.56 Å². The molecule has 0 saturated heterocycles. The number of imide groups is 1. The molecule has 4 rings (SSSR count). The van der Waals surface area contributed by atoms with E-state index in [4.69, 9.17) is 9.15 Å². The van der Waals surface area contributed by atoms with Crippen molar-refractivity contribution in [3.8, 4) is 5.75 Å². The zero-order chi connectivity index (χ0) is 20.4. The van der Waals surface area contributed by atoms with Gasteiger partial charge in [0.15, 0.2) is 5.58 Å². The predicted octanol–water partition coefficient (Wildman–Crippen LogP) is 1.99. The van der Waals surface area contributed by atoms with Crippen molar-refractivity contribution in [1.82, 2.24) is 20.5 Å². The smallest absolute Gasteiger partial charge is 0.321 e. The standard InChI is InChI=1S/C20H18N4O5/c1-28-13-5-4-12-9-24(19(26)14(12)7-13)10-16(23-20(27)22-11-25)18-8-15-17(29-18)3-2-6-21-15/h2-8,11,16H,9-10H2,1H3,(H2,22,23,25,27)/t16-/m0/s1. The molecule has 9 heteroatoms. The number of carbonyl (C=O) groups is 3. The van der Waals surface area contributed by atoms with Gasteiger partial charge in [0.2, 0.25) is 6.41 Å². The van der Waals surface area contributed by atoms with Gasteiger partial charge >= 0.3 is 6.03 Å². The Kier molecular flexibility index (Phi) is 4.86. The number of methoxy groups -OCH3 is 1. The molecule has 2 aromatic heterocycles. The van der Waals surface area contributed by atoms with Crippen molar-refractivity contribution in [1.29, 1.82) is 0 Å². The number of nitrogens with one attached hydrogen (secondary N) is 2. The molecule has 29 heavy (non-hydrogen) atoms. The predicted molar refractivity (Wildman–Crippen MR) is 102 cm³/mol. The molecule has 0 radical (unpaired) electrons. The molecule has 148 valence electrons. The van der Waals surface area contributed by atoms with Gasteiger partial charge in [0.25, 0.3) is 5.91 Å². The van der Waals surface area contributed by atoms with Crippen LogP contribution in [0, 0.1) is 0 Å². The third kappa shape index (κ3) is 3.62. The minimum Gasteiger partial charge on any atom is -0.497 e. The molecule has 1 aliphatic rings. The maximum atomic E-state index is 12.9. The SMILES string of the molecule is COc1ccc2c(c1)C(=O)N(C[C@H](NC(=O)NC=O)c1cc3ncccc3o1)C2. The maximum Gasteiger partial charge on any atom is 0.321 e. The number of hydrogen-bond acceptors (Lipinski definition) is 6. The van der Waals surface area contributed by atoms with Crippen LogP contribution in [0.1, 0.15) is 27.7 Å². The average Bonchev–Trinajstić information content (AvgIpc) is 3.29. The van der Waals surface area contributed by atoms with E-state index in [-0.39, 0.29) is 18.9 Å². The van der Waals surface area contributed by atoms with Gasteiger partial charge in [0, 0.05) is 30.9 Å². The Labute approximate surface area is 165 Å². The van der Waals surface area contributed by atoms with Crippen LogP contribution in [0.4, 0.5) is 4.79 Å². The molecule has 0 bridgehead atoms. The van der Waals surface area contributed by atoms with Gasteiger partial charge in [-0.25, -0.2) is 4.79 Å². The molecule has 1 atom stereocenters. The van der Waals surface area contributed by atoms with E-state index in [9.17, 15) is 14.4 Å². The number of fused-ring (bicyclic) bond motifs is 2. The lowest BCUT2D eigenvalue weighted by atomic mass is 10.1. The molecule has 0 spiro atoms. The van der Waals surface area contributed by atoms with Gasteiger partial charge in [-0.3, -0.25) is 19.9 Å². The van der Waals surface area contributed by atoms with Gasteiger partial charge in [-0.1, -0.05) is 6.07 Å². The first kappa shape index (κ1) is 18.5. The van der Waals surface area contributed by atoms with Gasteiger partial charge in [0.1, 0.15) is 23.1 Å². The molecule has 4 amide bonds. The van der Waals surface area contributed by atoms with E-state index >= 15 is 0 Å². The van der Waals surface area contributed by atoms with Crippen molar-refractivity contribution in [2.45, 2.75) is 12.6 Å². The molecular weight excluding hydrogens is 376 g/mol. The summed E-state index contributed by atoms with van der Waals surface area (Å²) in [6.07, 6.45) is 1.92. The molecule has 9 nitrogen and oxygen atoms in total. The molecule has 2 N–H and O–H groups in total. The zero-order valence-corrected chi connectivity index (χ0v) is 15.5. The third-order valence-corrected chi connectivity index (χ3v) is 4.74. The molecule has 1 aliphatic heterocycles. The first-order valence-corrected chi connectivity index (χ1v) is 8.90. The average molecular weight is 394 g/mol. The van der Waals surface area contributed by atoms with Crippen LogP contribution < -0.4 is 15.4 Å². The Morgan fingerprint density at radius 3 is 3.00 bits per heavy atom. The number of amides is 4. The van der Waals surface area contributed by atoms with E-state index in [0.29, 0.717) is 34.7 Å². The summed E-state index contributed by atoms with van der Waals surface area (Å²) in [6, 6.07) is 9.19. The van der Waals surface area contributed by atoms with Crippen LogP contribution in [0.15, 0.2) is 47.0 Å². The quantitative estimate of drug-likeness (QED) is 0.618. The third-order valence-electron chi connectivity index (χ3n) is 4.74. The Hall–Kier alpha value is -3.88. The number of carbonyl (C=O) groups excluding carboxylic acids is 3. The van der Waals surface area contributed by atoms with Crippen LogP contribution in [0.3, 0.4) is 0 Å². The number of furan rings is 1. The fourth-order valence-electron chi connectivity index (χ4n) is 3.36. The largest absolute Gasteiger partial charge is 0.497 e. The number of rotatable bonds is 6. The summed E-state index contributed by atoms with van der Waals surface area (Å²) in [5.41, 5.74) is 2.63. The van der Waals surface area contributed by atoms with E-state index in [2.05, 4.69) is 10.3 Å². The fraction of sp³-hybridized carbons (Fsp3) is 0.200. The van der Waals surface area contributed by atoms with Gasteiger partial charge in [-0.05, 0) is 29.8 Å². The monoisotopic (exact) mass is 394 g/mol. The summed E-state index contributed by atoms with van der Waals surface area (Å²) in [4.78, 5) is 41.3. The first-order valence-electron chi connectivity index (χ1n) is 8.90. The van der Waals surface area contributed by atoms with Crippen molar-refractivity contribution in [2.75, 3.05) is 13.7 Å². The van der Waals surface area contributed by atoms with Crippen molar-refractivity contribution < 1.29 is 23.5 Å². The second-order valence-corrected chi connectivity index (χ2v) is 6.53. The van der Waals surface area contributed by atoms with Gasteiger partial charge in [-0.2, -0.15) is 0 Å². The molecule has 0 aliphatic carbocycles. The zero-order valence-electron chi connectivity index (χ0n) is 15.5. The van der Waals surface area contributed by atoms with Gasteiger partial charge < -0.3 is 19.4 Å². The number of pyridine rings is 1. The lowest BCUT2D eigenvalue weighted by Crippen LogP contribution is -2.42. The highest BCUT2D eigenvalue weighted by atomic mass is 16.5. The van der Waals surface area contributed by atoms with Crippen LogP contribution in [0.5, 0.6) is 5.75 Å². The van der Waals surface area contributed by atoms with Crippen molar-refractivity contribution in [3.05, 3.63) is 59.5 Å². The van der Waals surface area contributed by atoms with Crippen LogP contribution in [-0.2, 0) is 11.3 Å². The summed E-state index contributed by atoms with van der Waals surface area (Å²) in [7, 11) is 1.54. The normalized spacial score (nSPS) is 13.8. The van der Waals surface area contributed by atoms with Crippen LogP contribution in [-0.4, -0.2) is 41.9 Å². The number of urea groups is 1. The van der Waals surface area contributed by atoms with E-state index in [1.807, 2.05) is 11.4 Å². The number of aromatic nitrogens is 1. The maximum absolute atomic E-state index is 12.9. The Morgan fingerprint density at radius 1 is 1.38 bits per heavy atom. The van der Waals surface area contributed by atoms with Crippen LogP contribution >= 0.6 is 0 Å². The topological polar surface area (TPSA) is 114 Å². The van der Waals surface area contributed by atoms with E-state index < -0.39 is 12.1 Å². The Balaban J connectivity index is 1.61. The molecule has 3 aromatic rings. The van der Waals surface area contributed by atoms with E-state index in [1.54, 1.807) is 48.5 Å². The molecular formula is C20H18N4O5.